The van der Waals surface area contributed by atoms with Crippen LogP contribution >= 0.6 is 11.8 Å². The number of aromatic nitrogens is 1. The number of thioether (sulfide) groups is 1. The normalized spacial score (nSPS) is 19.0. The summed E-state index contributed by atoms with van der Waals surface area (Å²) in [6.45, 7) is 2.13. The minimum Gasteiger partial charge on any atom is -0.493 e. The number of alkyl halides is 2. The molecular weight excluding hydrogens is 516 g/mol. The van der Waals surface area contributed by atoms with Gasteiger partial charge in [0.1, 0.15) is 17.3 Å². The van der Waals surface area contributed by atoms with E-state index in [1.807, 2.05) is 13.2 Å². The van der Waals surface area contributed by atoms with Crippen LogP contribution in [0.2, 0.25) is 0 Å². The van der Waals surface area contributed by atoms with Crippen LogP contribution in [0.15, 0.2) is 65.7 Å². The number of carbonyl (C=O) groups excluding carboxylic acids is 2. The molecule has 2 aromatic rings. The Balaban J connectivity index is 1.71. The lowest BCUT2D eigenvalue weighted by Gasteiger charge is -2.22. The van der Waals surface area contributed by atoms with E-state index >= 15 is 0 Å². The first-order valence-corrected chi connectivity index (χ1v) is 13.3. The minimum atomic E-state index is -2.94. The molecule has 2 N–H and O–H groups in total. The minimum absolute atomic E-state index is 0.186. The van der Waals surface area contributed by atoms with Crippen LogP contribution in [-0.2, 0) is 9.59 Å². The Kier molecular flexibility index (Phi) is 10.5. The summed E-state index contributed by atoms with van der Waals surface area (Å²) in [5, 5.41) is 11.8. The molecule has 2 heterocycles. The molecule has 1 aliphatic rings. The van der Waals surface area contributed by atoms with Crippen LogP contribution in [0.25, 0.3) is 0 Å². The molecule has 3 rings (SSSR count). The summed E-state index contributed by atoms with van der Waals surface area (Å²) >= 11 is 1.36. The number of benzene rings is 1. The molecule has 0 spiro atoms. The van der Waals surface area contributed by atoms with Gasteiger partial charge in [0.2, 0.25) is 11.8 Å². The lowest BCUT2D eigenvalue weighted by molar-refractivity contribution is -0.117. The lowest BCUT2D eigenvalue weighted by atomic mass is 10.1. The maximum Gasteiger partial charge on any atom is 0.278 e. The number of halogens is 2. The van der Waals surface area contributed by atoms with Crippen LogP contribution < -0.4 is 25.1 Å². The summed E-state index contributed by atoms with van der Waals surface area (Å²) in [5.74, 6) is -2.04. The SMILES string of the molecule is CSCC(=O)N/C1=C\C(=O)N[C@@H](CCOc2cccc(OCC(C)(F)F)c2)C/C(C)=N/N1c1ccccn1. The van der Waals surface area contributed by atoms with E-state index in [4.69, 9.17) is 9.47 Å². The highest BCUT2D eigenvalue weighted by atomic mass is 32.2. The summed E-state index contributed by atoms with van der Waals surface area (Å²) in [6, 6.07) is 11.4. The molecular formula is C26H31F2N5O4S. The van der Waals surface area contributed by atoms with Crippen molar-refractivity contribution in [3.8, 4) is 11.5 Å². The molecule has 0 radical (unpaired) electrons. The van der Waals surface area contributed by atoms with E-state index in [0.29, 0.717) is 30.1 Å². The van der Waals surface area contributed by atoms with Gasteiger partial charge < -0.3 is 20.1 Å². The van der Waals surface area contributed by atoms with Gasteiger partial charge in [0.25, 0.3) is 5.92 Å². The number of hydrogen-bond donors (Lipinski definition) is 2. The second-order valence-electron chi connectivity index (χ2n) is 8.73. The Morgan fingerprint density at radius 1 is 1.24 bits per heavy atom. The van der Waals surface area contributed by atoms with Crippen molar-refractivity contribution in [3.63, 3.8) is 0 Å². The van der Waals surface area contributed by atoms with E-state index in [1.54, 1.807) is 42.6 Å². The summed E-state index contributed by atoms with van der Waals surface area (Å²) in [5.41, 5.74) is 0.698. The molecule has 0 saturated carbocycles. The highest BCUT2D eigenvalue weighted by molar-refractivity contribution is 7.99. The van der Waals surface area contributed by atoms with E-state index in [2.05, 4.69) is 20.7 Å². The van der Waals surface area contributed by atoms with Gasteiger partial charge in [-0.3, -0.25) is 9.59 Å². The van der Waals surface area contributed by atoms with Gasteiger partial charge in [-0.05, 0) is 37.4 Å². The molecule has 1 aliphatic heterocycles. The Labute approximate surface area is 224 Å². The average Bonchev–Trinajstić information content (AvgIpc) is 2.91. The van der Waals surface area contributed by atoms with Gasteiger partial charge in [0.05, 0.1) is 12.4 Å². The zero-order valence-corrected chi connectivity index (χ0v) is 22.3. The number of ether oxygens (including phenoxy) is 2. The summed E-state index contributed by atoms with van der Waals surface area (Å²) in [4.78, 5) is 29.6. The van der Waals surface area contributed by atoms with Crippen LogP contribution in [-0.4, -0.2) is 59.7 Å². The van der Waals surface area contributed by atoms with Crippen molar-refractivity contribution in [1.82, 2.24) is 15.6 Å². The van der Waals surface area contributed by atoms with E-state index in [0.717, 1.165) is 6.92 Å². The van der Waals surface area contributed by atoms with Gasteiger partial charge >= 0.3 is 0 Å². The number of hydrogen-bond acceptors (Lipinski definition) is 8. The topological polar surface area (TPSA) is 105 Å². The third kappa shape index (κ3) is 9.66. The first-order valence-electron chi connectivity index (χ1n) is 11.9. The molecule has 38 heavy (non-hydrogen) atoms. The number of anilines is 1. The number of rotatable bonds is 11. The highest BCUT2D eigenvalue weighted by Gasteiger charge is 2.23. The lowest BCUT2D eigenvalue weighted by Crippen LogP contribution is -2.37. The van der Waals surface area contributed by atoms with Crippen molar-refractivity contribution in [1.29, 1.82) is 0 Å². The molecule has 1 aromatic carbocycles. The maximum atomic E-state index is 13.1. The summed E-state index contributed by atoms with van der Waals surface area (Å²) < 4.78 is 37.1. The fourth-order valence-electron chi connectivity index (χ4n) is 3.51. The Morgan fingerprint density at radius 2 is 2.00 bits per heavy atom. The van der Waals surface area contributed by atoms with E-state index in [1.165, 1.54) is 28.9 Å². The van der Waals surface area contributed by atoms with Crippen molar-refractivity contribution >= 4 is 35.1 Å². The van der Waals surface area contributed by atoms with Crippen molar-refractivity contribution < 1.29 is 27.8 Å². The third-order valence-corrected chi connectivity index (χ3v) is 5.65. The zero-order valence-electron chi connectivity index (χ0n) is 21.4. The maximum absolute atomic E-state index is 13.1. The van der Waals surface area contributed by atoms with Gasteiger partial charge in [-0.15, -0.1) is 0 Å². The van der Waals surface area contributed by atoms with E-state index < -0.39 is 18.4 Å². The van der Waals surface area contributed by atoms with Gasteiger partial charge in [-0.1, -0.05) is 12.1 Å². The van der Waals surface area contributed by atoms with Crippen molar-refractivity contribution in [2.75, 3.05) is 30.2 Å². The summed E-state index contributed by atoms with van der Waals surface area (Å²) in [7, 11) is 0. The van der Waals surface area contributed by atoms with E-state index in [9.17, 15) is 18.4 Å². The number of hydrazone groups is 1. The number of nitrogens with one attached hydrogen (secondary N) is 2. The zero-order chi connectivity index (χ0) is 27.5. The first-order chi connectivity index (χ1) is 18.1. The van der Waals surface area contributed by atoms with Gasteiger partial charge in [0, 0.05) is 49.9 Å². The molecule has 0 aliphatic carbocycles. The molecule has 12 heteroatoms. The quantitative estimate of drug-likeness (QED) is 0.439. The van der Waals surface area contributed by atoms with Gasteiger partial charge in [-0.2, -0.15) is 21.9 Å². The molecule has 0 bridgehead atoms. The molecule has 0 saturated heterocycles. The summed E-state index contributed by atoms with van der Waals surface area (Å²) in [6.07, 6.45) is 5.56. The number of carbonyl (C=O) groups is 2. The smallest absolute Gasteiger partial charge is 0.278 e. The van der Waals surface area contributed by atoms with Crippen LogP contribution in [0.1, 0.15) is 26.7 Å². The first kappa shape index (κ1) is 28.9. The Hall–Kier alpha value is -3.67. The van der Waals surface area contributed by atoms with Gasteiger partial charge in [-0.25, -0.2) is 13.8 Å². The Bertz CT molecular complexity index is 1160. The van der Waals surface area contributed by atoms with Crippen LogP contribution in [0, 0.1) is 0 Å². The third-order valence-electron chi connectivity index (χ3n) is 5.10. The molecule has 1 aromatic heterocycles. The van der Waals surface area contributed by atoms with Crippen molar-refractivity contribution in [2.24, 2.45) is 5.10 Å². The second kappa shape index (κ2) is 13.8. The molecule has 204 valence electrons. The number of nitrogens with zero attached hydrogens (tertiary/aromatic N) is 3. The average molecular weight is 548 g/mol. The van der Waals surface area contributed by atoms with Crippen molar-refractivity contribution in [3.05, 3.63) is 60.6 Å². The largest absolute Gasteiger partial charge is 0.493 e. The number of pyridine rings is 1. The van der Waals surface area contributed by atoms with Gasteiger partial charge in [0.15, 0.2) is 12.4 Å². The molecule has 2 amide bonds. The molecule has 0 unspecified atom stereocenters. The Morgan fingerprint density at radius 3 is 2.68 bits per heavy atom. The monoisotopic (exact) mass is 547 g/mol. The fraction of sp³-hybridized carbons (Fsp3) is 0.385. The predicted octanol–water partition coefficient (Wildman–Crippen LogP) is 3.98. The predicted molar refractivity (Wildman–Crippen MR) is 144 cm³/mol. The second-order valence-corrected chi connectivity index (χ2v) is 9.59. The van der Waals surface area contributed by atoms with Crippen LogP contribution in [0.3, 0.4) is 0 Å². The highest BCUT2D eigenvalue weighted by Crippen LogP contribution is 2.23. The van der Waals surface area contributed by atoms with Crippen LogP contribution in [0.5, 0.6) is 11.5 Å². The molecule has 9 nitrogen and oxygen atoms in total. The van der Waals surface area contributed by atoms with Crippen molar-refractivity contribution in [2.45, 2.75) is 38.7 Å². The molecule has 1 atom stereocenters. The standard InChI is InChI=1S/C26H31F2N5O4S/c1-18-13-19(10-12-36-20-7-6-8-21(14-20)37-17-26(2,27)28)30-24(34)15-23(31-25(35)16-38-3)33(32-18)22-9-4-5-11-29-22/h4-9,11,14-15,19H,10,12-13,16-17H2,1-3H3,(H,30,34)(H,31,35)/b23-15+,32-18+/t19-/m0/s1. The molecule has 0 fully saturated rings. The van der Waals surface area contributed by atoms with Crippen LogP contribution in [0.4, 0.5) is 14.6 Å². The fourth-order valence-corrected chi connectivity index (χ4v) is 3.85. The number of amides is 2. The van der Waals surface area contributed by atoms with E-state index in [-0.39, 0.29) is 35.9 Å².